The van der Waals surface area contributed by atoms with Crippen LogP contribution >= 0.6 is 11.3 Å². The molecule has 7 heteroatoms. The van der Waals surface area contributed by atoms with E-state index < -0.39 is 0 Å². The van der Waals surface area contributed by atoms with E-state index in [9.17, 15) is 0 Å². The van der Waals surface area contributed by atoms with E-state index in [1.54, 1.807) is 17.7 Å². The summed E-state index contributed by atoms with van der Waals surface area (Å²) in [4.78, 5) is 11.4. The van der Waals surface area contributed by atoms with Crippen molar-refractivity contribution in [2.24, 2.45) is 11.7 Å². The Morgan fingerprint density at radius 2 is 2.12 bits per heavy atom. The summed E-state index contributed by atoms with van der Waals surface area (Å²) in [5, 5.41) is 12.0. The van der Waals surface area contributed by atoms with E-state index in [-0.39, 0.29) is 0 Å². The second-order valence-electron chi connectivity index (χ2n) is 6.37. The van der Waals surface area contributed by atoms with Crippen molar-refractivity contribution in [3.63, 3.8) is 0 Å². The lowest BCUT2D eigenvalue weighted by Gasteiger charge is -2.18. The van der Waals surface area contributed by atoms with E-state index in [1.165, 1.54) is 30.1 Å². The first-order chi connectivity index (χ1) is 12.7. The number of rotatable bonds is 3. The number of hydrogen-bond acceptors (Lipinski definition) is 7. The fourth-order valence-electron chi connectivity index (χ4n) is 3.28. The molecular weight excluding hydrogens is 344 g/mol. The Bertz CT molecular complexity index is 933. The number of nitrogens with two attached hydrogens (primary N) is 2. The lowest BCUT2D eigenvalue weighted by atomic mass is 9.89. The van der Waals surface area contributed by atoms with Crippen molar-refractivity contribution in [1.29, 1.82) is 5.41 Å². The fraction of sp³-hybridized carbons (Fsp3) is 0.316. The summed E-state index contributed by atoms with van der Waals surface area (Å²) in [5.74, 6) is 1.58. The van der Waals surface area contributed by atoms with Crippen LogP contribution in [0.1, 0.15) is 29.3 Å². The van der Waals surface area contributed by atoms with E-state index in [0.29, 0.717) is 11.3 Å². The molecule has 0 saturated heterocycles. The zero-order chi connectivity index (χ0) is 18.7. The summed E-state index contributed by atoms with van der Waals surface area (Å²) in [6.07, 6.45) is 6.32. The topological polar surface area (TPSA) is 114 Å². The number of hydrogen-bond donors (Lipinski definition) is 4. The Morgan fingerprint density at radius 1 is 1.31 bits per heavy atom. The number of anilines is 3. The first-order valence-corrected chi connectivity index (χ1v) is 9.47. The fourth-order valence-corrected chi connectivity index (χ4v) is 4.63. The van der Waals surface area contributed by atoms with Gasteiger partial charge in [-0.25, -0.2) is 9.97 Å². The van der Waals surface area contributed by atoms with E-state index in [2.05, 4.69) is 27.9 Å². The molecular formula is C19H24N6S. The summed E-state index contributed by atoms with van der Waals surface area (Å²) in [5.41, 5.74) is 14.0. The summed E-state index contributed by atoms with van der Waals surface area (Å²) >= 11 is 1.79. The average molecular weight is 369 g/mol. The Morgan fingerprint density at radius 3 is 2.88 bits per heavy atom. The molecule has 0 radical (unpaired) electrons. The first-order valence-electron chi connectivity index (χ1n) is 8.65. The van der Waals surface area contributed by atoms with Crippen molar-refractivity contribution in [1.82, 2.24) is 9.97 Å². The molecule has 0 fully saturated rings. The Kier molecular flexibility index (Phi) is 5.49. The van der Waals surface area contributed by atoms with Gasteiger partial charge < -0.3 is 22.2 Å². The van der Waals surface area contributed by atoms with Gasteiger partial charge in [0.2, 0.25) is 0 Å². The van der Waals surface area contributed by atoms with Crippen LogP contribution in [0.4, 0.5) is 17.2 Å². The van der Waals surface area contributed by atoms with E-state index in [0.717, 1.165) is 40.5 Å². The molecule has 0 spiro atoms. The van der Waals surface area contributed by atoms with Gasteiger partial charge >= 0.3 is 0 Å². The number of aromatic nitrogens is 2. The van der Waals surface area contributed by atoms with Gasteiger partial charge in [-0.2, -0.15) is 0 Å². The smallest absolute Gasteiger partial charge is 0.142 e. The van der Waals surface area contributed by atoms with Gasteiger partial charge in [-0.3, -0.25) is 0 Å². The van der Waals surface area contributed by atoms with Crippen LogP contribution in [-0.4, -0.2) is 23.2 Å². The van der Waals surface area contributed by atoms with Crippen LogP contribution in [0.25, 0.3) is 10.2 Å². The number of nitrogens with zero attached hydrogens (tertiary/aromatic N) is 2. The highest BCUT2D eigenvalue weighted by Gasteiger charge is 2.23. The standard InChI is InChI=1S/C18H19N5S.CH5N/c1-10-2-4-13-15(6-10)24-18-16(13)17(21-9-22-18)23-12-3-5-14(20)11(7-12)8-19;1-2/h3,5,7-10,19H,2,4,6,20H2,1H3,(H,21,22,23);2H2,1H3. The van der Waals surface area contributed by atoms with Gasteiger partial charge in [0.15, 0.2) is 0 Å². The van der Waals surface area contributed by atoms with Gasteiger partial charge in [-0.15, -0.1) is 11.3 Å². The molecule has 1 aromatic carbocycles. The van der Waals surface area contributed by atoms with Crippen molar-refractivity contribution in [3.05, 3.63) is 40.5 Å². The molecule has 3 aromatic rings. The quantitative estimate of drug-likeness (QED) is 0.416. The van der Waals surface area contributed by atoms with Crippen LogP contribution < -0.4 is 16.8 Å². The van der Waals surface area contributed by atoms with Crippen LogP contribution in [0.3, 0.4) is 0 Å². The van der Waals surface area contributed by atoms with E-state index in [1.807, 2.05) is 18.2 Å². The number of nitrogens with one attached hydrogen (secondary N) is 2. The van der Waals surface area contributed by atoms with Crippen LogP contribution in [0.15, 0.2) is 24.5 Å². The third kappa shape index (κ3) is 3.40. The highest BCUT2D eigenvalue weighted by atomic mass is 32.1. The first kappa shape index (κ1) is 18.3. The van der Waals surface area contributed by atoms with E-state index >= 15 is 0 Å². The van der Waals surface area contributed by atoms with Gasteiger partial charge in [0.25, 0.3) is 0 Å². The maximum atomic E-state index is 7.45. The van der Waals surface area contributed by atoms with Gasteiger partial charge in [0, 0.05) is 28.0 Å². The van der Waals surface area contributed by atoms with Gasteiger partial charge in [-0.1, -0.05) is 6.92 Å². The highest BCUT2D eigenvalue weighted by molar-refractivity contribution is 7.19. The van der Waals surface area contributed by atoms with Crippen LogP contribution in [0.2, 0.25) is 0 Å². The number of aryl methyl sites for hydroxylation is 1. The molecule has 26 heavy (non-hydrogen) atoms. The molecule has 1 unspecified atom stereocenters. The monoisotopic (exact) mass is 368 g/mol. The predicted molar refractivity (Wildman–Crippen MR) is 111 cm³/mol. The maximum absolute atomic E-state index is 7.45. The molecule has 1 atom stereocenters. The lowest BCUT2D eigenvalue weighted by Crippen LogP contribution is -2.09. The molecule has 2 aromatic heterocycles. The lowest BCUT2D eigenvalue weighted by molar-refractivity contribution is 0.509. The van der Waals surface area contributed by atoms with Crippen molar-refractivity contribution in [2.45, 2.75) is 26.2 Å². The van der Waals surface area contributed by atoms with Crippen LogP contribution in [-0.2, 0) is 12.8 Å². The number of thiophene rings is 1. The molecule has 2 heterocycles. The molecule has 0 amide bonds. The third-order valence-electron chi connectivity index (χ3n) is 4.60. The molecule has 1 aliphatic carbocycles. The van der Waals surface area contributed by atoms with Gasteiger partial charge in [0.05, 0.1) is 5.39 Å². The largest absolute Gasteiger partial charge is 0.398 e. The molecule has 1 aliphatic rings. The summed E-state index contributed by atoms with van der Waals surface area (Å²) in [6.45, 7) is 2.31. The second kappa shape index (κ2) is 7.80. The Labute approximate surface area is 157 Å². The van der Waals surface area contributed by atoms with Crippen molar-refractivity contribution in [2.75, 3.05) is 18.1 Å². The molecule has 6 N–H and O–H groups in total. The van der Waals surface area contributed by atoms with Crippen LogP contribution in [0.5, 0.6) is 0 Å². The minimum atomic E-state index is 0.602. The van der Waals surface area contributed by atoms with Crippen molar-refractivity contribution >= 4 is 45.0 Å². The van der Waals surface area contributed by atoms with Crippen LogP contribution in [0, 0.1) is 11.3 Å². The maximum Gasteiger partial charge on any atom is 0.142 e. The summed E-state index contributed by atoms with van der Waals surface area (Å²) in [7, 11) is 1.50. The number of nitrogen functional groups attached to an aromatic ring is 1. The third-order valence-corrected chi connectivity index (χ3v) is 5.76. The molecule has 0 saturated carbocycles. The predicted octanol–water partition coefficient (Wildman–Crippen LogP) is 3.71. The molecule has 0 aliphatic heterocycles. The number of fused-ring (bicyclic) bond motifs is 3. The minimum absolute atomic E-state index is 0.602. The second-order valence-corrected chi connectivity index (χ2v) is 7.45. The summed E-state index contributed by atoms with van der Waals surface area (Å²) < 4.78 is 0. The summed E-state index contributed by atoms with van der Waals surface area (Å²) in [6, 6.07) is 5.60. The Balaban J connectivity index is 0.000000948. The molecule has 6 nitrogen and oxygen atoms in total. The van der Waals surface area contributed by atoms with Crippen molar-refractivity contribution < 1.29 is 0 Å². The molecule has 4 rings (SSSR count). The molecule has 136 valence electrons. The van der Waals surface area contributed by atoms with Gasteiger partial charge in [0.1, 0.15) is 17.0 Å². The number of benzene rings is 1. The molecule has 0 bridgehead atoms. The Hall–Kier alpha value is -2.51. The SMILES string of the molecule is CC1CCc2c(sc3ncnc(Nc4ccc(N)c(C=N)c4)c23)C1.CN. The average Bonchev–Trinajstić information content (AvgIpc) is 3.03. The highest BCUT2D eigenvalue weighted by Crippen LogP contribution is 2.40. The zero-order valence-electron chi connectivity index (χ0n) is 15.0. The minimum Gasteiger partial charge on any atom is -0.398 e. The normalized spacial score (nSPS) is 15.7. The van der Waals surface area contributed by atoms with Gasteiger partial charge in [-0.05, 0) is 56.0 Å². The zero-order valence-corrected chi connectivity index (χ0v) is 15.9. The van der Waals surface area contributed by atoms with Crippen molar-refractivity contribution in [3.8, 4) is 0 Å². The van der Waals surface area contributed by atoms with E-state index in [4.69, 9.17) is 11.1 Å².